The van der Waals surface area contributed by atoms with Crippen molar-refractivity contribution in [2.75, 3.05) is 32.3 Å². The molecule has 1 N–H and O–H groups in total. The van der Waals surface area contributed by atoms with Crippen LogP contribution in [-0.4, -0.2) is 45.2 Å². The Bertz CT molecular complexity index is 868. The number of amides is 2. The maximum atomic E-state index is 12.4. The summed E-state index contributed by atoms with van der Waals surface area (Å²) in [7, 11) is 3.10. The molecule has 1 heterocycles. The Kier molecular flexibility index (Phi) is 6.03. The summed E-state index contributed by atoms with van der Waals surface area (Å²) in [5.41, 5.74) is 1.76. The summed E-state index contributed by atoms with van der Waals surface area (Å²) in [6.07, 6.45) is 0.241. The van der Waals surface area contributed by atoms with Crippen molar-refractivity contribution in [1.29, 1.82) is 0 Å². The SMILES string of the molecule is COc1ccc(N2C[C@H](NC(=O)COc3cccc(C)c3)CC2=O)cc1OC. The van der Waals surface area contributed by atoms with Gasteiger partial charge in [0.25, 0.3) is 5.91 Å². The van der Waals surface area contributed by atoms with E-state index < -0.39 is 0 Å². The Morgan fingerprint density at radius 2 is 1.93 bits per heavy atom. The third-order valence-corrected chi connectivity index (χ3v) is 4.53. The van der Waals surface area contributed by atoms with Crippen molar-refractivity contribution in [3.05, 3.63) is 48.0 Å². The van der Waals surface area contributed by atoms with Gasteiger partial charge in [0, 0.05) is 24.7 Å². The van der Waals surface area contributed by atoms with Crippen LogP contribution in [0.25, 0.3) is 0 Å². The van der Waals surface area contributed by atoms with Crippen LogP contribution in [0.2, 0.25) is 0 Å². The minimum Gasteiger partial charge on any atom is -0.493 e. The van der Waals surface area contributed by atoms with Crippen LogP contribution in [0.3, 0.4) is 0 Å². The first kappa shape index (κ1) is 19.5. The molecule has 2 aromatic rings. The lowest BCUT2D eigenvalue weighted by molar-refractivity contribution is -0.123. The van der Waals surface area contributed by atoms with Crippen LogP contribution in [-0.2, 0) is 9.59 Å². The molecule has 0 bridgehead atoms. The van der Waals surface area contributed by atoms with Gasteiger partial charge in [-0.25, -0.2) is 0 Å². The molecule has 0 radical (unpaired) electrons. The number of methoxy groups -OCH3 is 2. The normalized spacial score (nSPS) is 16.0. The quantitative estimate of drug-likeness (QED) is 0.793. The molecule has 28 heavy (non-hydrogen) atoms. The van der Waals surface area contributed by atoms with E-state index in [9.17, 15) is 9.59 Å². The molecule has 0 saturated carbocycles. The predicted octanol–water partition coefficient (Wildman–Crippen LogP) is 2.31. The number of nitrogens with one attached hydrogen (secondary N) is 1. The van der Waals surface area contributed by atoms with Crippen LogP contribution in [0.4, 0.5) is 5.69 Å². The molecule has 148 valence electrons. The zero-order chi connectivity index (χ0) is 20.1. The van der Waals surface area contributed by atoms with Crippen molar-refractivity contribution < 1.29 is 23.8 Å². The van der Waals surface area contributed by atoms with Gasteiger partial charge in [-0.1, -0.05) is 12.1 Å². The summed E-state index contributed by atoms with van der Waals surface area (Å²) in [6.45, 7) is 2.26. The van der Waals surface area contributed by atoms with E-state index in [1.54, 1.807) is 43.4 Å². The largest absolute Gasteiger partial charge is 0.493 e. The first-order valence-corrected chi connectivity index (χ1v) is 9.01. The first-order valence-electron chi connectivity index (χ1n) is 9.01. The molecule has 3 rings (SSSR count). The standard InChI is InChI=1S/C21H24N2O5/c1-14-5-4-6-17(9-14)28-13-20(24)22-15-10-21(25)23(12-15)16-7-8-18(26-2)19(11-16)27-3/h4-9,11,15H,10,12-13H2,1-3H3,(H,22,24)/t15-/m1/s1. The number of carbonyl (C=O) groups excluding carboxylic acids is 2. The van der Waals surface area contributed by atoms with Crippen LogP contribution >= 0.6 is 0 Å². The number of hydrogen-bond donors (Lipinski definition) is 1. The number of carbonyl (C=O) groups is 2. The van der Waals surface area contributed by atoms with E-state index in [0.717, 1.165) is 5.56 Å². The first-order chi connectivity index (χ1) is 13.5. The lowest BCUT2D eigenvalue weighted by atomic mass is 10.2. The molecule has 2 amide bonds. The summed E-state index contributed by atoms with van der Waals surface area (Å²) in [5, 5.41) is 2.86. The number of aryl methyl sites for hydroxylation is 1. The average Bonchev–Trinajstić information content (AvgIpc) is 3.05. The molecule has 7 heteroatoms. The molecule has 1 atom stereocenters. The second-order valence-corrected chi connectivity index (χ2v) is 6.62. The highest BCUT2D eigenvalue weighted by atomic mass is 16.5. The van der Waals surface area contributed by atoms with Gasteiger partial charge in [0.15, 0.2) is 18.1 Å². The molecule has 0 aromatic heterocycles. The number of rotatable bonds is 7. The molecular weight excluding hydrogens is 360 g/mol. The molecule has 2 aromatic carbocycles. The smallest absolute Gasteiger partial charge is 0.258 e. The Morgan fingerprint density at radius 1 is 1.14 bits per heavy atom. The second-order valence-electron chi connectivity index (χ2n) is 6.62. The fraction of sp³-hybridized carbons (Fsp3) is 0.333. The lowest BCUT2D eigenvalue weighted by Crippen LogP contribution is -2.39. The van der Waals surface area contributed by atoms with Crippen LogP contribution in [0.15, 0.2) is 42.5 Å². The van der Waals surface area contributed by atoms with Gasteiger partial charge < -0.3 is 24.4 Å². The zero-order valence-corrected chi connectivity index (χ0v) is 16.2. The monoisotopic (exact) mass is 384 g/mol. The highest BCUT2D eigenvalue weighted by Crippen LogP contribution is 2.33. The van der Waals surface area contributed by atoms with Gasteiger partial charge in [0.2, 0.25) is 5.91 Å². The van der Waals surface area contributed by atoms with Gasteiger partial charge in [-0.2, -0.15) is 0 Å². The minimum absolute atomic E-state index is 0.0582. The van der Waals surface area contributed by atoms with Crippen molar-refractivity contribution in [2.45, 2.75) is 19.4 Å². The van der Waals surface area contributed by atoms with Gasteiger partial charge in [0.05, 0.1) is 20.3 Å². The number of anilines is 1. The van der Waals surface area contributed by atoms with Crippen LogP contribution < -0.4 is 24.4 Å². The minimum atomic E-state index is -0.269. The predicted molar refractivity (Wildman–Crippen MR) is 105 cm³/mol. The van der Waals surface area contributed by atoms with E-state index >= 15 is 0 Å². The molecule has 0 unspecified atom stereocenters. The molecule has 1 aliphatic heterocycles. The van der Waals surface area contributed by atoms with E-state index in [0.29, 0.717) is 29.5 Å². The van der Waals surface area contributed by atoms with Crippen molar-refractivity contribution in [1.82, 2.24) is 5.32 Å². The second kappa shape index (κ2) is 8.65. The van der Waals surface area contributed by atoms with Crippen molar-refractivity contribution in [3.8, 4) is 17.2 Å². The van der Waals surface area contributed by atoms with Gasteiger partial charge >= 0.3 is 0 Å². The molecule has 1 fully saturated rings. The van der Waals surface area contributed by atoms with Crippen LogP contribution in [0.5, 0.6) is 17.2 Å². The van der Waals surface area contributed by atoms with E-state index in [-0.39, 0.29) is 30.9 Å². The number of benzene rings is 2. The Balaban J connectivity index is 1.57. The van der Waals surface area contributed by atoms with E-state index in [2.05, 4.69) is 5.32 Å². The van der Waals surface area contributed by atoms with Gasteiger partial charge in [-0.3, -0.25) is 9.59 Å². The third kappa shape index (κ3) is 4.54. The number of ether oxygens (including phenoxy) is 3. The topological polar surface area (TPSA) is 77.1 Å². The van der Waals surface area contributed by atoms with Gasteiger partial charge in [-0.15, -0.1) is 0 Å². The summed E-state index contributed by atoms with van der Waals surface area (Å²) in [6, 6.07) is 12.5. The highest BCUT2D eigenvalue weighted by Gasteiger charge is 2.32. The van der Waals surface area contributed by atoms with Crippen LogP contribution in [0.1, 0.15) is 12.0 Å². The molecule has 1 aliphatic rings. The maximum Gasteiger partial charge on any atom is 0.258 e. The summed E-state index contributed by atoms with van der Waals surface area (Å²) >= 11 is 0. The van der Waals surface area contributed by atoms with E-state index in [4.69, 9.17) is 14.2 Å². The molecular formula is C21H24N2O5. The molecule has 0 spiro atoms. The Hall–Kier alpha value is -3.22. The lowest BCUT2D eigenvalue weighted by Gasteiger charge is -2.19. The third-order valence-electron chi connectivity index (χ3n) is 4.53. The van der Waals surface area contributed by atoms with E-state index in [1.807, 2.05) is 25.1 Å². The average molecular weight is 384 g/mol. The molecule has 7 nitrogen and oxygen atoms in total. The van der Waals surface area contributed by atoms with Gasteiger partial charge in [-0.05, 0) is 36.8 Å². The Morgan fingerprint density at radius 3 is 2.64 bits per heavy atom. The summed E-state index contributed by atoms with van der Waals surface area (Å²) in [5.74, 6) is 1.47. The highest BCUT2D eigenvalue weighted by molar-refractivity contribution is 5.97. The summed E-state index contributed by atoms with van der Waals surface area (Å²) < 4.78 is 16.0. The Labute approximate surface area is 164 Å². The summed E-state index contributed by atoms with van der Waals surface area (Å²) in [4.78, 5) is 26.2. The number of hydrogen-bond acceptors (Lipinski definition) is 5. The van der Waals surface area contributed by atoms with Crippen LogP contribution in [0, 0.1) is 6.92 Å². The van der Waals surface area contributed by atoms with Crippen molar-refractivity contribution >= 4 is 17.5 Å². The maximum absolute atomic E-state index is 12.4. The van der Waals surface area contributed by atoms with Crippen molar-refractivity contribution in [3.63, 3.8) is 0 Å². The molecule has 0 aliphatic carbocycles. The fourth-order valence-electron chi connectivity index (χ4n) is 3.17. The fourth-order valence-corrected chi connectivity index (χ4v) is 3.17. The zero-order valence-electron chi connectivity index (χ0n) is 16.2. The van der Waals surface area contributed by atoms with E-state index in [1.165, 1.54) is 0 Å². The number of nitrogens with zero attached hydrogens (tertiary/aromatic N) is 1. The molecule has 1 saturated heterocycles. The van der Waals surface area contributed by atoms with Gasteiger partial charge in [0.1, 0.15) is 5.75 Å². The van der Waals surface area contributed by atoms with Crippen molar-refractivity contribution in [2.24, 2.45) is 0 Å².